The van der Waals surface area contributed by atoms with Crippen molar-refractivity contribution in [2.75, 3.05) is 18.0 Å². The Bertz CT molecular complexity index is 1100. The maximum Gasteiger partial charge on any atom is 0.254 e. The number of nitrogens with one attached hydrogen (secondary N) is 1. The third-order valence-corrected chi connectivity index (χ3v) is 5.05. The van der Waals surface area contributed by atoms with Gasteiger partial charge in [-0.2, -0.15) is 5.10 Å². The van der Waals surface area contributed by atoms with E-state index >= 15 is 0 Å². The Morgan fingerprint density at radius 2 is 2.11 bits per heavy atom. The first-order valence-corrected chi connectivity index (χ1v) is 9.26. The molecule has 0 saturated carbocycles. The number of fused-ring (bicyclic) bond motifs is 1. The topological polar surface area (TPSA) is 75.7 Å². The highest BCUT2D eigenvalue weighted by Crippen LogP contribution is 2.27. The van der Waals surface area contributed by atoms with Crippen LogP contribution in [0.5, 0.6) is 0 Å². The number of rotatable bonds is 4. The lowest BCUT2D eigenvalue weighted by atomic mass is 10.1. The lowest BCUT2D eigenvalue weighted by Crippen LogP contribution is -2.37. The zero-order valence-electron chi connectivity index (χ0n) is 15.2. The van der Waals surface area contributed by atoms with Crippen molar-refractivity contribution in [3.63, 3.8) is 0 Å². The van der Waals surface area contributed by atoms with E-state index in [2.05, 4.69) is 26.4 Å². The van der Waals surface area contributed by atoms with Crippen LogP contribution in [0.4, 0.5) is 5.82 Å². The second-order valence-electron chi connectivity index (χ2n) is 6.89. The fraction of sp³-hybridized carbons (Fsp3) is 0.190. The molecule has 7 nitrogen and oxygen atoms in total. The number of nitrogens with zero attached hydrogens (tertiary/aromatic N) is 4. The minimum Gasteiger partial charge on any atom is -0.472 e. The molecule has 0 spiro atoms. The zero-order valence-corrected chi connectivity index (χ0v) is 15.2. The van der Waals surface area contributed by atoms with Gasteiger partial charge >= 0.3 is 0 Å². The molecule has 0 bridgehead atoms. The number of benzene rings is 1. The Morgan fingerprint density at radius 1 is 1.21 bits per heavy atom. The molecule has 1 aromatic carbocycles. The summed E-state index contributed by atoms with van der Waals surface area (Å²) in [7, 11) is 0. The van der Waals surface area contributed by atoms with E-state index in [0.29, 0.717) is 12.1 Å². The summed E-state index contributed by atoms with van der Waals surface area (Å²) in [6.45, 7) is 1.54. The minimum atomic E-state index is -0.109. The average molecular weight is 373 g/mol. The van der Waals surface area contributed by atoms with Crippen molar-refractivity contribution in [3.05, 3.63) is 72.9 Å². The van der Waals surface area contributed by atoms with Crippen LogP contribution in [0.25, 0.3) is 16.8 Å². The smallest absolute Gasteiger partial charge is 0.254 e. The molecule has 1 aliphatic rings. The molecule has 4 heterocycles. The first-order chi connectivity index (χ1) is 13.8. The summed E-state index contributed by atoms with van der Waals surface area (Å²) in [6.07, 6.45) is 7.46. The van der Waals surface area contributed by atoms with E-state index in [9.17, 15) is 4.79 Å². The van der Waals surface area contributed by atoms with Crippen molar-refractivity contribution in [2.24, 2.45) is 0 Å². The number of hydrogen-bond donors (Lipinski definition) is 1. The van der Waals surface area contributed by atoms with Gasteiger partial charge < -0.3 is 14.6 Å². The largest absolute Gasteiger partial charge is 0.472 e. The molecule has 7 heteroatoms. The third-order valence-electron chi connectivity index (χ3n) is 5.05. The molecule has 1 amide bonds. The maximum atomic E-state index is 12.3. The molecule has 1 fully saturated rings. The molecule has 1 atom stereocenters. The Labute approximate surface area is 161 Å². The van der Waals surface area contributed by atoms with Crippen LogP contribution in [0, 0.1) is 0 Å². The summed E-state index contributed by atoms with van der Waals surface area (Å²) in [4.78, 5) is 19.1. The molecular weight excluding hydrogens is 354 g/mol. The molecule has 5 rings (SSSR count). The predicted molar refractivity (Wildman–Crippen MR) is 105 cm³/mol. The minimum absolute atomic E-state index is 0.0703. The first kappa shape index (κ1) is 16.6. The predicted octanol–water partition coefficient (Wildman–Crippen LogP) is 3.00. The summed E-state index contributed by atoms with van der Waals surface area (Å²) in [6, 6.07) is 13.9. The van der Waals surface area contributed by atoms with Crippen molar-refractivity contribution in [1.82, 2.24) is 19.9 Å². The van der Waals surface area contributed by atoms with E-state index < -0.39 is 0 Å². The van der Waals surface area contributed by atoms with Gasteiger partial charge in [0.2, 0.25) is 0 Å². The van der Waals surface area contributed by atoms with E-state index in [4.69, 9.17) is 4.42 Å². The summed E-state index contributed by atoms with van der Waals surface area (Å²) >= 11 is 0. The van der Waals surface area contributed by atoms with Crippen molar-refractivity contribution in [1.29, 1.82) is 0 Å². The first-order valence-electron chi connectivity index (χ1n) is 9.26. The second kappa shape index (κ2) is 6.84. The highest BCUT2D eigenvalue weighted by molar-refractivity contribution is 5.94. The molecule has 0 aliphatic carbocycles. The fourth-order valence-electron chi connectivity index (χ4n) is 3.63. The number of carbonyl (C=O) groups is 1. The summed E-state index contributed by atoms with van der Waals surface area (Å²) in [5.41, 5.74) is 3.49. The average Bonchev–Trinajstić information content (AvgIpc) is 3.48. The zero-order chi connectivity index (χ0) is 18.9. The normalized spacial score (nSPS) is 16.6. The van der Waals surface area contributed by atoms with Crippen LogP contribution < -0.4 is 10.2 Å². The van der Waals surface area contributed by atoms with Crippen LogP contribution in [-0.2, 0) is 0 Å². The lowest BCUT2D eigenvalue weighted by Gasteiger charge is -2.18. The van der Waals surface area contributed by atoms with Crippen LogP contribution >= 0.6 is 0 Å². The van der Waals surface area contributed by atoms with Crippen LogP contribution in [0.2, 0.25) is 0 Å². The summed E-state index contributed by atoms with van der Waals surface area (Å²) < 4.78 is 6.85. The Balaban J connectivity index is 1.38. The maximum absolute atomic E-state index is 12.3. The SMILES string of the molecule is O=C(NC1CCN(c2nccn3nc(-c4ccccc4)cc23)C1)c1ccoc1. The Kier molecular flexibility index (Phi) is 4.05. The van der Waals surface area contributed by atoms with Crippen molar-refractivity contribution >= 4 is 17.2 Å². The molecule has 140 valence electrons. The van der Waals surface area contributed by atoms with E-state index in [-0.39, 0.29) is 11.9 Å². The van der Waals surface area contributed by atoms with Crippen LogP contribution in [-0.4, -0.2) is 39.6 Å². The van der Waals surface area contributed by atoms with Crippen LogP contribution in [0.1, 0.15) is 16.8 Å². The van der Waals surface area contributed by atoms with E-state index in [0.717, 1.165) is 35.6 Å². The van der Waals surface area contributed by atoms with Gasteiger partial charge in [0.25, 0.3) is 5.91 Å². The van der Waals surface area contributed by atoms with Gasteiger partial charge in [0.15, 0.2) is 5.82 Å². The molecule has 28 heavy (non-hydrogen) atoms. The number of hydrogen-bond acceptors (Lipinski definition) is 5. The molecule has 1 unspecified atom stereocenters. The quantitative estimate of drug-likeness (QED) is 0.595. The lowest BCUT2D eigenvalue weighted by molar-refractivity contribution is 0.0939. The highest BCUT2D eigenvalue weighted by atomic mass is 16.3. The van der Waals surface area contributed by atoms with E-state index in [1.54, 1.807) is 12.3 Å². The van der Waals surface area contributed by atoms with Gasteiger partial charge in [0.05, 0.1) is 17.5 Å². The van der Waals surface area contributed by atoms with E-state index in [1.807, 2.05) is 41.0 Å². The van der Waals surface area contributed by atoms with Crippen LogP contribution in [0.15, 0.2) is 71.8 Å². The molecule has 0 radical (unpaired) electrons. The number of amides is 1. The van der Waals surface area contributed by atoms with Gasteiger partial charge in [0, 0.05) is 37.1 Å². The van der Waals surface area contributed by atoms with Gasteiger partial charge in [-0.3, -0.25) is 4.79 Å². The monoisotopic (exact) mass is 373 g/mol. The summed E-state index contributed by atoms with van der Waals surface area (Å²) in [5.74, 6) is 0.778. The number of carbonyl (C=O) groups excluding carboxylic acids is 1. The Hall–Kier alpha value is -3.61. The van der Waals surface area contributed by atoms with Gasteiger partial charge in [-0.05, 0) is 18.6 Å². The molecule has 3 aromatic heterocycles. The van der Waals surface area contributed by atoms with Crippen LogP contribution in [0.3, 0.4) is 0 Å². The molecule has 1 N–H and O–H groups in total. The van der Waals surface area contributed by atoms with E-state index in [1.165, 1.54) is 12.5 Å². The van der Waals surface area contributed by atoms with Gasteiger partial charge in [-0.15, -0.1) is 0 Å². The number of aromatic nitrogens is 3. The summed E-state index contributed by atoms with van der Waals surface area (Å²) in [5, 5.41) is 7.76. The van der Waals surface area contributed by atoms with Gasteiger partial charge in [-0.25, -0.2) is 9.50 Å². The number of furan rings is 1. The van der Waals surface area contributed by atoms with Crippen molar-refractivity contribution < 1.29 is 9.21 Å². The third kappa shape index (κ3) is 3.00. The van der Waals surface area contributed by atoms with Crippen molar-refractivity contribution in [3.8, 4) is 11.3 Å². The second-order valence-corrected chi connectivity index (χ2v) is 6.89. The highest BCUT2D eigenvalue weighted by Gasteiger charge is 2.27. The number of anilines is 1. The molecule has 1 saturated heterocycles. The fourth-order valence-corrected chi connectivity index (χ4v) is 3.63. The molecule has 1 aliphatic heterocycles. The standard InChI is InChI=1S/C21H19N5O2/c27-21(16-7-11-28-14-16)23-17-6-9-25(13-17)20-19-12-18(15-4-2-1-3-5-15)24-26(19)10-8-22-20/h1-5,7-8,10-12,14,17H,6,9,13H2,(H,23,27). The van der Waals surface area contributed by atoms with Gasteiger partial charge in [-0.1, -0.05) is 30.3 Å². The van der Waals surface area contributed by atoms with Crippen molar-refractivity contribution in [2.45, 2.75) is 12.5 Å². The molecular formula is C21H19N5O2. The van der Waals surface area contributed by atoms with Gasteiger partial charge in [0.1, 0.15) is 11.8 Å². The Morgan fingerprint density at radius 3 is 2.93 bits per heavy atom. The molecule has 4 aromatic rings.